The molecule has 1 aliphatic carbocycles. The molecule has 1 rings (SSSR count). The third-order valence-corrected chi connectivity index (χ3v) is 1.95. The lowest BCUT2D eigenvalue weighted by Gasteiger charge is -2.10. The normalized spacial score (nSPS) is 32.0. The molecule has 1 heteroatoms. The van der Waals surface area contributed by atoms with E-state index in [9.17, 15) is 5.11 Å². The lowest BCUT2D eigenvalue weighted by molar-refractivity contribution is 0.129. The van der Waals surface area contributed by atoms with Crippen LogP contribution in [0.1, 0.15) is 34.0 Å². The van der Waals surface area contributed by atoms with Crippen molar-refractivity contribution in [3.63, 3.8) is 0 Å². The first-order valence-electron chi connectivity index (χ1n) is 3.83. The first-order valence-corrected chi connectivity index (χ1v) is 3.33. The molecule has 0 amide bonds. The summed E-state index contributed by atoms with van der Waals surface area (Å²) in [6, 6.07) is 0. The minimum absolute atomic E-state index is 0.234. The van der Waals surface area contributed by atoms with E-state index in [2.05, 4.69) is 0 Å². The molecule has 1 aliphatic rings. The van der Waals surface area contributed by atoms with E-state index in [-0.39, 0.29) is 5.92 Å². The van der Waals surface area contributed by atoms with Gasteiger partial charge in [0.2, 0.25) is 0 Å². The minimum Gasteiger partial charge on any atom is -0.393 e. The standard InChI is InChI=1S/C7H14O/c1-6(8)7-4-2-3-5-7/h6-8H,2-5H2,1H3/t6-/m1/s1/i6D. The highest BCUT2D eigenvalue weighted by Crippen LogP contribution is 2.26. The molecule has 8 heavy (non-hydrogen) atoms. The molecular weight excluding hydrogens is 100 g/mol. The van der Waals surface area contributed by atoms with Gasteiger partial charge in [0.15, 0.2) is 0 Å². The molecule has 0 radical (unpaired) electrons. The minimum atomic E-state index is -1.17. The van der Waals surface area contributed by atoms with Gasteiger partial charge in [-0.15, -0.1) is 0 Å². The maximum atomic E-state index is 9.18. The van der Waals surface area contributed by atoms with E-state index >= 15 is 0 Å². The van der Waals surface area contributed by atoms with Gasteiger partial charge in [-0.05, 0) is 25.7 Å². The van der Waals surface area contributed by atoms with Crippen LogP contribution in [0.5, 0.6) is 0 Å². The zero-order valence-electron chi connectivity index (χ0n) is 6.35. The van der Waals surface area contributed by atoms with E-state index in [1.165, 1.54) is 12.8 Å². The summed E-state index contributed by atoms with van der Waals surface area (Å²) in [5, 5.41) is 9.18. The van der Waals surface area contributed by atoms with Crippen molar-refractivity contribution in [2.24, 2.45) is 5.92 Å². The van der Waals surface area contributed by atoms with E-state index in [0.717, 1.165) is 12.8 Å². The van der Waals surface area contributed by atoms with Crippen molar-refractivity contribution in [1.82, 2.24) is 0 Å². The molecule has 1 nitrogen and oxygen atoms in total. The molecule has 0 saturated heterocycles. The molecule has 0 unspecified atom stereocenters. The summed E-state index contributed by atoms with van der Waals surface area (Å²) in [6.07, 6.45) is 3.29. The van der Waals surface area contributed by atoms with Crippen molar-refractivity contribution in [3.8, 4) is 0 Å². The van der Waals surface area contributed by atoms with Gasteiger partial charge in [-0.1, -0.05) is 12.8 Å². The van der Waals surface area contributed by atoms with Gasteiger partial charge in [0, 0.05) is 0 Å². The van der Waals surface area contributed by atoms with Gasteiger partial charge in [0.05, 0.1) is 7.45 Å². The van der Waals surface area contributed by atoms with E-state index < -0.39 is 6.08 Å². The summed E-state index contributed by atoms with van der Waals surface area (Å²) in [7, 11) is 0. The summed E-state index contributed by atoms with van der Waals surface area (Å²) in [4.78, 5) is 0. The van der Waals surface area contributed by atoms with Crippen LogP contribution >= 0.6 is 0 Å². The van der Waals surface area contributed by atoms with E-state index in [4.69, 9.17) is 1.37 Å². The molecular formula is C7H14O. The molecule has 0 aromatic rings. The topological polar surface area (TPSA) is 20.2 Å². The second-order valence-corrected chi connectivity index (χ2v) is 2.62. The summed E-state index contributed by atoms with van der Waals surface area (Å²) >= 11 is 0. The van der Waals surface area contributed by atoms with Crippen LogP contribution in [-0.4, -0.2) is 11.2 Å². The molecule has 1 fully saturated rings. The number of rotatable bonds is 1. The van der Waals surface area contributed by atoms with Crippen LogP contribution in [0.3, 0.4) is 0 Å². The van der Waals surface area contributed by atoms with Gasteiger partial charge in [0.25, 0.3) is 0 Å². The third kappa shape index (κ3) is 1.22. The van der Waals surface area contributed by atoms with Gasteiger partial charge in [-0.25, -0.2) is 0 Å². The van der Waals surface area contributed by atoms with Crippen LogP contribution in [0.4, 0.5) is 0 Å². The quantitative estimate of drug-likeness (QED) is 0.550. The Kier molecular flexibility index (Phi) is 1.50. The predicted molar refractivity (Wildman–Crippen MR) is 33.6 cm³/mol. The lowest BCUT2D eigenvalue weighted by Crippen LogP contribution is -2.11. The molecule has 1 saturated carbocycles. The smallest absolute Gasteiger partial charge is 0.0600 e. The van der Waals surface area contributed by atoms with E-state index in [1.54, 1.807) is 6.92 Å². The molecule has 1 N–H and O–H groups in total. The van der Waals surface area contributed by atoms with E-state index in [1.807, 2.05) is 0 Å². The van der Waals surface area contributed by atoms with Crippen LogP contribution in [0.25, 0.3) is 0 Å². The average Bonchev–Trinajstić information content (AvgIpc) is 2.08. The van der Waals surface area contributed by atoms with Crippen molar-refractivity contribution in [2.45, 2.75) is 38.7 Å². The zero-order chi connectivity index (χ0) is 6.91. The van der Waals surface area contributed by atoms with Crippen LogP contribution in [0, 0.1) is 5.92 Å². The molecule has 1 atom stereocenters. The van der Waals surface area contributed by atoms with Gasteiger partial charge >= 0.3 is 0 Å². The molecule has 48 valence electrons. The Hall–Kier alpha value is -0.0400. The van der Waals surface area contributed by atoms with Crippen molar-refractivity contribution >= 4 is 0 Å². The Balaban J connectivity index is 2.42. The Morgan fingerprint density at radius 3 is 2.38 bits per heavy atom. The van der Waals surface area contributed by atoms with Gasteiger partial charge in [-0.3, -0.25) is 0 Å². The number of hydrogen-bond donors (Lipinski definition) is 1. The second kappa shape index (κ2) is 2.49. The predicted octanol–water partition coefficient (Wildman–Crippen LogP) is 1.56. The lowest BCUT2D eigenvalue weighted by atomic mass is 10.0. The molecule has 0 bridgehead atoms. The van der Waals surface area contributed by atoms with Crippen LogP contribution < -0.4 is 0 Å². The Bertz CT molecular complexity index is 89.6. The highest BCUT2D eigenvalue weighted by molar-refractivity contribution is 4.70. The number of aliphatic hydroxyl groups is 1. The van der Waals surface area contributed by atoms with Crippen molar-refractivity contribution in [2.75, 3.05) is 0 Å². The molecule has 0 aromatic heterocycles. The fraction of sp³-hybridized carbons (Fsp3) is 1.00. The highest BCUT2D eigenvalue weighted by atomic mass is 16.3. The summed E-state index contributed by atoms with van der Waals surface area (Å²) < 4.78 is 7.28. The first-order chi connectivity index (χ1) is 4.11. The second-order valence-electron chi connectivity index (χ2n) is 2.62. The van der Waals surface area contributed by atoms with Gasteiger partial charge in [0.1, 0.15) is 0 Å². The van der Waals surface area contributed by atoms with Crippen molar-refractivity contribution in [3.05, 3.63) is 0 Å². The summed E-state index contributed by atoms with van der Waals surface area (Å²) in [5.41, 5.74) is 0. The van der Waals surface area contributed by atoms with Crippen LogP contribution in [0.2, 0.25) is 0 Å². The first kappa shape index (κ1) is 4.80. The summed E-state index contributed by atoms with van der Waals surface area (Å²) in [6.45, 7) is 1.59. The molecule has 0 aromatic carbocycles. The van der Waals surface area contributed by atoms with Crippen molar-refractivity contribution < 1.29 is 6.48 Å². The maximum Gasteiger partial charge on any atom is 0.0600 e. The highest BCUT2D eigenvalue weighted by Gasteiger charge is 2.18. The third-order valence-electron chi connectivity index (χ3n) is 1.95. The largest absolute Gasteiger partial charge is 0.393 e. The SMILES string of the molecule is [2H][C@](C)(O)C1CCCC1. The molecule has 0 spiro atoms. The van der Waals surface area contributed by atoms with Gasteiger partial charge < -0.3 is 5.11 Å². The fourth-order valence-electron chi connectivity index (χ4n) is 1.34. The zero-order valence-corrected chi connectivity index (χ0v) is 5.35. The Morgan fingerprint density at radius 1 is 1.62 bits per heavy atom. The Morgan fingerprint density at radius 2 is 2.12 bits per heavy atom. The maximum absolute atomic E-state index is 9.18. The average molecular weight is 115 g/mol. The van der Waals surface area contributed by atoms with Crippen molar-refractivity contribution in [1.29, 1.82) is 0 Å². The van der Waals surface area contributed by atoms with Crippen LogP contribution in [-0.2, 0) is 0 Å². The number of hydrogen-bond acceptors (Lipinski definition) is 1. The summed E-state index contributed by atoms with van der Waals surface area (Å²) in [5.74, 6) is 0.234. The van der Waals surface area contributed by atoms with E-state index in [0.29, 0.717) is 0 Å². The molecule has 0 heterocycles. The fourth-order valence-corrected chi connectivity index (χ4v) is 1.34. The Labute approximate surface area is 52.1 Å². The molecule has 0 aliphatic heterocycles. The van der Waals surface area contributed by atoms with Gasteiger partial charge in [-0.2, -0.15) is 0 Å². The monoisotopic (exact) mass is 115 g/mol. The van der Waals surface area contributed by atoms with Crippen LogP contribution in [0.15, 0.2) is 0 Å².